The third-order valence-corrected chi connectivity index (χ3v) is 3.82. The van der Waals surface area contributed by atoms with Crippen molar-refractivity contribution in [3.63, 3.8) is 0 Å². The fourth-order valence-corrected chi connectivity index (χ4v) is 3.02. The monoisotopic (exact) mass is 275 g/mol. The molecule has 0 fully saturated rings. The van der Waals surface area contributed by atoms with E-state index in [2.05, 4.69) is 6.08 Å². The van der Waals surface area contributed by atoms with E-state index in [-0.39, 0.29) is 5.54 Å². The average molecular weight is 275 g/mol. The number of carboxylic acid groups (broad SMARTS) is 1. The molecule has 0 aromatic heterocycles. The first-order valence-corrected chi connectivity index (χ1v) is 6.68. The van der Waals surface area contributed by atoms with E-state index in [0.29, 0.717) is 5.75 Å². The number of benzene rings is 1. The molecule has 0 spiro atoms. The van der Waals surface area contributed by atoms with Gasteiger partial charge in [-0.2, -0.15) is 0 Å². The summed E-state index contributed by atoms with van der Waals surface area (Å²) >= 11 is 0. The molecule has 2 rings (SSSR count). The molecule has 0 saturated carbocycles. The smallest absolute Gasteiger partial charge is 0.326 e. The van der Waals surface area contributed by atoms with Gasteiger partial charge in [-0.05, 0) is 39.3 Å². The number of anilines is 1. The highest BCUT2D eigenvalue weighted by atomic mass is 16.5. The molecule has 1 atom stereocenters. The third-order valence-electron chi connectivity index (χ3n) is 3.82. The number of carboxylic acids is 1. The van der Waals surface area contributed by atoms with Gasteiger partial charge in [-0.15, -0.1) is 0 Å². The normalized spacial score (nSPS) is 18.1. The number of hydrogen-bond donors (Lipinski definition) is 1. The second-order valence-electron chi connectivity index (χ2n) is 5.72. The zero-order valence-electron chi connectivity index (χ0n) is 12.6. The van der Waals surface area contributed by atoms with Crippen molar-refractivity contribution in [2.24, 2.45) is 0 Å². The molecule has 1 aliphatic heterocycles. The summed E-state index contributed by atoms with van der Waals surface area (Å²) in [6, 6.07) is 5.16. The maximum absolute atomic E-state index is 11.5. The average Bonchev–Trinajstić information content (AvgIpc) is 2.36. The van der Waals surface area contributed by atoms with E-state index in [1.54, 1.807) is 14.0 Å². The number of hydrogen-bond acceptors (Lipinski definition) is 3. The standard InChI is InChI=1S/C16H21NO3/c1-10-9-16(3,4)17(11(2)15(18)19)14-12(10)7-6-8-13(14)20-5/h6-9,11H,1-5H3,(H,18,19)/t11-/m0/s1. The summed E-state index contributed by atoms with van der Waals surface area (Å²) in [6.45, 7) is 7.79. The number of methoxy groups -OCH3 is 1. The summed E-state index contributed by atoms with van der Waals surface area (Å²) in [5, 5.41) is 9.42. The Bertz CT molecular complexity index is 575. The number of fused-ring (bicyclic) bond motifs is 1. The summed E-state index contributed by atoms with van der Waals surface area (Å²) in [6.07, 6.45) is 2.11. The molecule has 0 aliphatic carbocycles. The number of rotatable bonds is 3. The van der Waals surface area contributed by atoms with Crippen LogP contribution in [0, 0.1) is 0 Å². The highest BCUT2D eigenvalue weighted by Crippen LogP contribution is 2.45. The number of para-hydroxylation sites is 1. The molecular weight excluding hydrogens is 254 g/mol. The quantitative estimate of drug-likeness (QED) is 0.920. The summed E-state index contributed by atoms with van der Waals surface area (Å²) < 4.78 is 5.45. The van der Waals surface area contributed by atoms with E-state index in [1.165, 1.54) is 0 Å². The summed E-state index contributed by atoms with van der Waals surface area (Å²) in [4.78, 5) is 13.4. The van der Waals surface area contributed by atoms with Gasteiger partial charge in [0.1, 0.15) is 11.8 Å². The zero-order valence-corrected chi connectivity index (χ0v) is 12.6. The van der Waals surface area contributed by atoms with Crippen LogP contribution in [0.15, 0.2) is 24.3 Å². The number of allylic oxidation sites excluding steroid dienone is 1. The van der Waals surface area contributed by atoms with Crippen molar-refractivity contribution < 1.29 is 14.6 Å². The molecule has 0 saturated heterocycles. The molecule has 0 radical (unpaired) electrons. The lowest BCUT2D eigenvalue weighted by atomic mass is 9.87. The van der Waals surface area contributed by atoms with Gasteiger partial charge in [-0.1, -0.05) is 18.2 Å². The van der Waals surface area contributed by atoms with Gasteiger partial charge in [0.15, 0.2) is 0 Å². The summed E-state index contributed by atoms with van der Waals surface area (Å²) in [7, 11) is 1.61. The third kappa shape index (κ3) is 2.15. The molecule has 1 aliphatic rings. The minimum Gasteiger partial charge on any atom is -0.495 e. The van der Waals surface area contributed by atoms with E-state index in [9.17, 15) is 9.90 Å². The first-order valence-electron chi connectivity index (χ1n) is 6.68. The van der Waals surface area contributed by atoms with Gasteiger partial charge in [-0.25, -0.2) is 4.79 Å². The topological polar surface area (TPSA) is 49.8 Å². The van der Waals surface area contributed by atoms with Crippen LogP contribution in [0.25, 0.3) is 5.57 Å². The van der Waals surface area contributed by atoms with E-state index < -0.39 is 12.0 Å². The van der Waals surface area contributed by atoms with Crippen LogP contribution in [-0.2, 0) is 4.79 Å². The SMILES string of the molecule is COc1cccc2c1N([C@@H](C)C(=O)O)C(C)(C)C=C2C. The number of aliphatic carboxylic acids is 1. The Hall–Kier alpha value is -1.97. The van der Waals surface area contributed by atoms with Crippen LogP contribution in [0.4, 0.5) is 5.69 Å². The maximum atomic E-state index is 11.5. The van der Waals surface area contributed by atoms with Crippen LogP contribution in [0.5, 0.6) is 5.75 Å². The lowest BCUT2D eigenvalue weighted by Gasteiger charge is -2.45. The molecule has 1 aromatic carbocycles. The van der Waals surface area contributed by atoms with Crippen molar-refractivity contribution in [3.05, 3.63) is 29.8 Å². The Balaban J connectivity index is 2.72. The van der Waals surface area contributed by atoms with Crippen molar-refractivity contribution in [2.75, 3.05) is 12.0 Å². The van der Waals surface area contributed by atoms with Crippen LogP contribution in [-0.4, -0.2) is 29.8 Å². The molecule has 1 N–H and O–H groups in total. The molecule has 0 unspecified atom stereocenters. The van der Waals surface area contributed by atoms with Crippen LogP contribution < -0.4 is 9.64 Å². The van der Waals surface area contributed by atoms with Crippen molar-refractivity contribution in [2.45, 2.75) is 39.3 Å². The van der Waals surface area contributed by atoms with E-state index >= 15 is 0 Å². The van der Waals surface area contributed by atoms with Gasteiger partial charge < -0.3 is 14.7 Å². The molecule has 0 bridgehead atoms. The summed E-state index contributed by atoms with van der Waals surface area (Å²) in [5.41, 5.74) is 2.63. The fourth-order valence-electron chi connectivity index (χ4n) is 3.02. The summed E-state index contributed by atoms with van der Waals surface area (Å²) in [5.74, 6) is -0.140. The molecule has 1 aromatic rings. The molecule has 0 amide bonds. The lowest BCUT2D eigenvalue weighted by Crippen LogP contribution is -2.53. The van der Waals surface area contributed by atoms with Crippen LogP contribution in [0.2, 0.25) is 0 Å². The number of carbonyl (C=O) groups is 1. The van der Waals surface area contributed by atoms with Gasteiger partial charge in [-0.3, -0.25) is 0 Å². The predicted octanol–water partition coefficient (Wildman–Crippen LogP) is 3.17. The lowest BCUT2D eigenvalue weighted by molar-refractivity contribution is -0.138. The zero-order chi connectivity index (χ0) is 15.1. The second-order valence-corrected chi connectivity index (χ2v) is 5.72. The van der Waals surface area contributed by atoms with E-state index in [1.807, 2.05) is 43.9 Å². The Morgan fingerprint density at radius 3 is 2.60 bits per heavy atom. The Labute approximate surface area is 119 Å². The fraction of sp³-hybridized carbons (Fsp3) is 0.438. The molecule has 1 heterocycles. The Morgan fingerprint density at radius 1 is 1.40 bits per heavy atom. The number of nitrogens with zero attached hydrogens (tertiary/aromatic N) is 1. The molecule has 108 valence electrons. The minimum absolute atomic E-state index is 0.385. The molecule has 4 nitrogen and oxygen atoms in total. The highest BCUT2D eigenvalue weighted by molar-refractivity contribution is 5.89. The maximum Gasteiger partial charge on any atom is 0.326 e. The van der Waals surface area contributed by atoms with Crippen molar-refractivity contribution in [3.8, 4) is 5.75 Å². The molecule has 20 heavy (non-hydrogen) atoms. The van der Waals surface area contributed by atoms with E-state index in [4.69, 9.17) is 4.74 Å². The first-order chi connectivity index (χ1) is 9.29. The highest BCUT2D eigenvalue weighted by Gasteiger charge is 2.38. The van der Waals surface area contributed by atoms with Crippen LogP contribution in [0.1, 0.15) is 33.3 Å². The van der Waals surface area contributed by atoms with Gasteiger partial charge in [0, 0.05) is 5.56 Å². The molecular formula is C16H21NO3. The van der Waals surface area contributed by atoms with Gasteiger partial charge >= 0.3 is 5.97 Å². The van der Waals surface area contributed by atoms with Gasteiger partial charge in [0.05, 0.1) is 18.3 Å². The molecule has 4 heteroatoms. The van der Waals surface area contributed by atoms with Crippen LogP contribution >= 0.6 is 0 Å². The second kappa shape index (κ2) is 4.85. The largest absolute Gasteiger partial charge is 0.495 e. The van der Waals surface area contributed by atoms with Crippen molar-refractivity contribution >= 4 is 17.2 Å². The van der Waals surface area contributed by atoms with Crippen LogP contribution in [0.3, 0.4) is 0 Å². The van der Waals surface area contributed by atoms with Crippen molar-refractivity contribution in [1.82, 2.24) is 0 Å². The van der Waals surface area contributed by atoms with Crippen molar-refractivity contribution in [1.29, 1.82) is 0 Å². The Kier molecular flexibility index (Phi) is 3.50. The predicted molar refractivity (Wildman–Crippen MR) is 80.3 cm³/mol. The van der Waals surface area contributed by atoms with Gasteiger partial charge in [0.2, 0.25) is 0 Å². The minimum atomic E-state index is -0.845. The first kappa shape index (κ1) is 14.4. The van der Waals surface area contributed by atoms with E-state index in [0.717, 1.165) is 16.8 Å². The number of ether oxygens (including phenoxy) is 1. The Morgan fingerprint density at radius 2 is 2.05 bits per heavy atom. The van der Waals surface area contributed by atoms with Gasteiger partial charge in [0.25, 0.3) is 0 Å².